The quantitative estimate of drug-likeness (QED) is 0.539. The summed E-state index contributed by atoms with van der Waals surface area (Å²) >= 11 is 13.1. The normalized spacial score (nSPS) is 12.7. The van der Waals surface area contributed by atoms with Crippen LogP contribution in [0, 0.1) is 11.6 Å². The number of hydrogen-bond donors (Lipinski definition) is 0. The van der Waals surface area contributed by atoms with Crippen LogP contribution in [0.3, 0.4) is 0 Å². The summed E-state index contributed by atoms with van der Waals surface area (Å²) < 4.78 is 26.8. The molecule has 1 unspecified atom stereocenters. The van der Waals surface area contributed by atoms with Crippen molar-refractivity contribution in [1.82, 2.24) is 0 Å². The van der Waals surface area contributed by atoms with Gasteiger partial charge in [-0.05, 0) is 23.6 Å². The number of thiophene rings is 1. The lowest BCUT2D eigenvalue weighted by atomic mass is 10.1. The number of benzene rings is 1. The van der Waals surface area contributed by atoms with Crippen molar-refractivity contribution in [2.24, 2.45) is 0 Å². The smallest absolute Gasteiger partial charge is 0.142 e. The third-order valence-electron chi connectivity index (χ3n) is 2.34. The van der Waals surface area contributed by atoms with E-state index in [0.29, 0.717) is 6.42 Å². The monoisotopic (exact) mass is 292 g/mol. The molecule has 1 aromatic carbocycles. The second-order valence-electron chi connectivity index (χ2n) is 3.54. The third-order valence-corrected chi connectivity index (χ3v) is 3.92. The Morgan fingerprint density at radius 2 is 2.00 bits per heavy atom. The van der Waals surface area contributed by atoms with E-state index in [-0.39, 0.29) is 10.6 Å². The molecule has 0 nitrogen and oxygen atoms in total. The lowest BCUT2D eigenvalue weighted by Gasteiger charge is -2.10. The van der Waals surface area contributed by atoms with Crippen molar-refractivity contribution in [2.75, 3.05) is 0 Å². The van der Waals surface area contributed by atoms with Gasteiger partial charge in [0.1, 0.15) is 11.6 Å². The van der Waals surface area contributed by atoms with E-state index in [1.54, 1.807) is 0 Å². The van der Waals surface area contributed by atoms with Crippen LogP contribution in [0.2, 0.25) is 5.02 Å². The van der Waals surface area contributed by atoms with Gasteiger partial charge in [0.05, 0.1) is 10.4 Å². The maximum Gasteiger partial charge on any atom is 0.142 e. The van der Waals surface area contributed by atoms with Gasteiger partial charge in [0.25, 0.3) is 0 Å². The highest BCUT2D eigenvalue weighted by Crippen LogP contribution is 2.31. The lowest BCUT2D eigenvalue weighted by molar-refractivity contribution is 0.582. The summed E-state index contributed by atoms with van der Waals surface area (Å²) in [6.45, 7) is 0. The molecule has 0 aliphatic carbocycles. The van der Waals surface area contributed by atoms with Crippen LogP contribution in [0.15, 0.2) is 29.6 Å². The predicted octanol–water partition coefficient (Wildman–Crippen LogP) is 5.20. The molecule has 0 bridgehead atoms. The minimum absolute atomic E-state index is 0.141. The number of halogens is 4. The minimum Gasteiger partial charge on any atom is -0.207 e. The Bertz CT molecular complexity index is 511. The zero-order chi connectivity index (χ0) is 12.4. The summed E-state index contributed by atoms with van der Waals surface area (Å²) in [5, 5.41) is 1.09. The van der Waals surface area contributed by atoms with Crippen molar-refractivity contribution < 1.29 is 8.78 Å². The van der Waals surface area contributed by atoms with Crippen molar-refractivity contribution in [2.45, 2.75) is 11.8 Å². The summed E-state index contributed by atoms with van der Waals surface area (Å²) in [7, 11) is 0. The number of alkyl halides is 1. The molecular weight excluding hydrogens is 285 g/mol. The van der Waals surface area contributed by atoms with Crippen LogP contribution in [0.1, 0.15) is 15.8 Å². The van der Waals surface area contributed by atoms with E-state index >= 15 is 0 Å². The van der Waals surface area contributed by atoms with E-state index in [9.17, 15) is 8.78 Å². The molecular formula is C12H8Cl2F2S. The van der Waals surface area contributed by atoms with E-state index in [2.05, 4.69) is 0 Å². The molecule has 90 valence electrons. The lowest BCUT2D eigenvalue weighted by Crippen LogP contribution is -1.99. The molecule has 0 amide bonds. The maximum atomic E-state index is 13.6. The Kier molecular flexibility index (Phi) is 4.02. The molecule has 0 saturated carbocycles. The van der Waals surface area contributed by atoms with E-state index in [0.717, 1.165) is 17.0 Å². The molecule has 1 heterocycles. The van der Waals surface area contributed by atoms with Gasteiger partial charge in [-0.1, -0.05) is 17.7 Å². The van der Waals surface area contributed by atoms with Crippen molar-refractivity contribution in [3.63, 3.8) is 0 Å². The molecule has 0 aliphatic rings. The Balaban J connectivity index is 2.24. The van der Waals surface area contributed by atoms with Gasteiger partial charge in [0, 0.05) is 16.9 Å². The first-order chi connectivity index (χ1) is 8.08. The molecule has 1 atom stereocenters. The Hall–Kier alpha value is -0.640. The highest BCUT2D eigenvalue weighted by atomic mass is 35.5. The molecule has 0 saturated heterocycles. The predicted molar refractivity (Wildman–Crippen MR) is 68.0 cm³/mol. The van der Waals surface area contributed by atoms with Gasteiger partial charge in [-0.3, -0.25) is 0 Å². The molecule has 2 rings (SSSR count). The Labute approximate surface area is 112 Å². The zero-order valence-electron chi connectivity index (χ0n) is 8.59. The molecule has 17 heavy (non-hydrogen) atoms. The van der Waals surface area contributed by atoms with Gasteiger partial charge in [0.15, 0.2) is 0 Å². The van der Waals surface area contributed by atoms with Crippen molar-refractivity contribution in [3.05, 3.63) is 56.7 Å². The van der Waals surface area contributed by atoms with Crippen molar-refractivity contribution in [3.8, 4) is 0 Å². The molecule has 2 aromatic rings. The first-order valence-electron chi connectivity index (χ1n) is 4.89. The summed E-state index contributed by atoms with van der Waals surface area (Å²) in [5.41, 5.74) is 0.141. The van der Waals surface area contributed by atoms with Crippen LogP contribution < -0.4 is 0 Å². The molecule has 0 radical (unpaired) electrons. The number of hydrogen-bond acceptors (Lipinski definition) is 1. The summed E-state index contributed by atoms with van der Waals surface area (Å²) in [4.78, 5) is 1.03. The molecule has 0 N–H and O–H groups in total. The van der Waals surface area contributed by atoms with Crippen LogP contribution in [0.4, 0.5) is 8.78 Å². The van der Waals surface area contributed by atoms with E-state index in [1.807, 2.05) is 17.5 Å². The fraction of sp³-hybridized carbons (Fsp3) is 0.167. The van der Waals surface area contributed by atoms with Crippen molar-refractivity contribution in [1.29, 1.82) is 0 Å². The van der Waals surface area contributed by atoms with Gasteiger partial charge in [-0.15, -0.1) is 22.9 Å². The van der Waals surface area contributed by atoms with Crippen molar-refractivity contribution >= 4 is 34.5 Å². The molecule has 1 aromatic heterocycles. The first-order valence-corrected chi connectivity index (χ1v) is 6.58. The first kappa shape index (κ1) is 12.8. The second kappa shape index (κ2) is 5.34. The fourth-order valence-corrected chi connectivity index (χ4v) is 2.82. The van der Waals surface area contributed by atoms with Gasteiger partial charge < -0.3 is 0 Å². The average molecular weight is 293 g/mol. The summed E-state index contributed by atoms with van der Waals surface area (Å²) in [5.74, 6) is -1.23. The van der Waals surface area contributed by atoms with Crippen LogP contribution >= 0.6 is 34.5 Å². The van der Waals surface area contributed by atoms with Gasteiger partial charge in [0.2, 0.25) is 0 Å². The van der Waals surface area contributed by atoms with Crippen LogP contribution in [-0.2, 0) is 6.42 Å². The highest BCUT2D eigenvalue weighted by Gasteiger charge is 2.17. The van der Waals surface area contributed by atoms with Crippen LogP contribution in [-0.4, -0.2) is 0 Å². The maximum absolute atomic E-state index is 13.6. The topological polar surface area (TPSA) is 0 Å². The van der Waals surface area contributed by atoms with E-state index in [4.69, 9.17) is 23.2 Å². The number of rotatable bonds is 3. The molecule has 0 fully saturated rings. The minimum atomic E-state index is -0.653. The molecule has 0 aliphatic heterocycles. The second-order valence-corrected chi connectivity index (χ2v) is 5.51. The van der Waals surface area contributed by atoms with Crippen LogP contribution in [0.25, 0.3) is 0 Å². The molecule has 0 spiro atoms. The zero-order valence-corrected chi connectivity index (χ0v) is 10.9. The summed E-state index contributed by atoms with van der Waals surface area (Å²) in [6, 6.07) is 5.81. The fourth-order valence-electron chi connectivity index (χ4n) is 1.49. The van der Waals surface area contributed by atoms with E-state index in [1.165, 1.54) is 11.3 Å². The highest BCUT2D eigenvalue weighted by molar-refractivity contribution is 7.09. The molecule has 5 heteroatoms. The van der Waals surface area contributed by atoms with Crippen LogP contribution in [0.5, 0.6) is 0 Å². The standard InChI is InChI=1S/C12H8Cl2F2S/c13-9(4-7-2-1-3-17-7)8-5-12(16)10(14)6-11(8)15/h1-3,5-6,9H,4H2. The largest absolute Gasteiger partial charge is 0.207 e. The van der Waals surface area contributed by atoms with E-state index < -0.39 is 17.0 Å². The van der Waals surface area contributed by atoms with Gasteiger partial charge >= 0.3 is 0 Å². The summed E-state index contributed by atoms with van der Waals surface area (Å²) in [6.07, 6.45) is 0.469. The Morgan fingerprint density at radius 1 is 1.24 bits per heavy atom. The average Bonchev–Trinajstić information content (AvgIpc) is 2.76. The third kappa shape index (κ3) is 2.97. The Morgan fingerprint density at radius 3 is 2.65 bits per heavy atom. The van der Waals surface area contributed by atoms with Gasteiger partial charge in [-0.25, -0.2) is 8.78 Å². The SMILES string of the molecule is Fc1cc(C(Cl)Cc2cccs2)c(F)cc1Cl. The van der Waals surface area contributed by atoms with Gasteiger partial charge in [-0.2, -0.15) is 0 Å².